The van der Waals surface area contributed by atoms with E-state index in [4.69, 9.17) is 12.2 Å². The van der Waals surface area contributed by atoms with Gasteiger partial charge in [0.05, 0.1) is 0 Å². The Morgan fingerprint density at radius 3 is 2.33 bits per heavy atom. The molecule has 2 N–H and O–H groups in total. The van der Waals surface area contributed by atoms with E-state index in [2.05, 4.69) is 43.2 Å². The van der Waals surface area contributed by atoms with Crippen LogP contribution in [-0.2, 0) is 6.54 Å². The van der Waals surface area contributed by atoms with Gasteiger partial charge in [-0.3, -0.25) is 0 Å². The predicted octanol–water partition coefficient (Wildman–Crippen LogP) is 4.75. The van der Waals surface area contributed by atoms with E-state index in [9.17, 15) is 4.39 Å². The van der Waals surface area contributed by atoms with Gasteiger partial charge in [0.1, 0.15) is 5.82 Å². The maximum Gasteiger partial charge on any atom is 0.169 e. The van der Waals surface area contributed by atoms with Crippen LogP contribution in [0.5, 0.6) is 0 Å². The molecule has 0 unspecified atom stereocenters. The molecule has 0 amide bonds. The highest BCUT2D eigenvalue weighted by atomic mass is 32.1. The van der Waals surface area contributed by atoms with Crippen LogP contribution < -0.4 is 10.6 Å². The fraction of sp³-hybridized carbons (Fsp3) is 0.682. The SMILES string of the molecule is CC1(C)CC(NC(=S)N(Cc2ccccc2F)C2CCCC2)CC(C)(C)N1. The fourth-order valence-corrected chi connectivity index (χ4v) is 5.45. The lowest BCUT2D eigenvalue weighted by Gasteiger charge is -2.47. The Bertz CT molecular complexity index is 651. The maximum atomic E-state index is 14.3. The summed E-state index contributed by atoms with van der Waals surface area (Å²) in [6.07, 6.45) is 6.78. The van der Waals surface area contributed by atoms with Crippen molar-refractivity contribution < 1.29 is 4.39 Å². The summed E-state index contributed by atoms with van der Waals surface area (Å²) in [6.45, 7) is 9.54. The van der Waals surface area contributed by atoms with Crippen LogP contribution in [0, 0.1) is 5.82 Å². The monoisotopic (exact) mass is 391 g/mol. The number of nitrogens with one attached hydrogen (secondary N) is 2. The van der Waals surface area contributed by atoms with Gasteiger partial charge in [0.25, 0.3) is 0 Å². The molecule has 27 heavy (non-hydrogen) atoms. The van der Waals surface area contributed by atoms with Crippen molar-refractivity contribution in [3.8, 4) is 0 Å². The van der Waals surface area contributed by atoms with Crippen LogP contribution in [0.3, 0.4) is 0 Å². The van der Waals surface area contributed by atoms with Gasteiger partial charge in [-0.15, -0.1) is 0 Å². The first-order valence-corrected chi connectivity index (χ1v) is 10.7. The highest BCUT2D eigenvalue weighted by Gasteiger charge is 2.38. The first-order chi connectivity index (χ1) is 12.7. The minimum atomic E-state index is -0.146. The third kappa shape index (κ3) is 5.41. The van der Waals surface area contributed by atoms with Crippen molar-refractivity contribution in [1.82, 2.24) is 15.5 Å². The summed E-state index contributed by atoms with van der Waals surface area (Å²) in [5, 5.41) is 8.14. The normalized spacial score (nSPS) is 22.6. The average molecular weight is 392 g/mol. The minimum absolute atomic E-state index is 0.0682. The van der Waals surface area contributed by atoms with E-state index in [-0.39, 0.29) is 16.9 Å². The van der Waals surface area contributed by atoms with E-state index < -0.39 is 0 Å². The molecular formula is C22H34FN3S. The molecule has 0 bridgehead atoms. The summed E-state index contributed by atoms with van der Waals surface area (Å²) < 4.78 is 14.3. The Hall–Kier alpha value is -1.20. The van der Waals surface area contributed by atoms with Crippen LogP contribution in [0.2, 0.25) is 0 Å². The molecule has 1 aromatic rings. The molecule has 0 atom stereocenters. The Morgan fingerprint density at radius 2 is 1.74 bits per heavy atom. The van der Waals surface area contributed by atoms with E-state index in [1.54, 1.807) is 6.07 Å². The number of halogens is 1. The van der Waals surface area contributed by atoms with Crippen molar-refractivity contribution >= 4 is 17.3 Å². The van der Waals surface area contributed by atoms with Gasteiger partial charge >= 0.3 is 0 Å². The summed E-state index contributed by atoms with van der Waals surface area (Å²) in [4.78, 5) is 2.24. The lowest BCUT2D eigenvalue weighted by atomic mass is 9.80. The topological polar surface area (TPSA) is 27.3 Å². The zero-order chi connectivity index (χ0) is 19.7. The summed E-state index contributed by atoms with van der Waals surface area (Å²) in [5.41, 5.74) is 0.858. The van der Waals surface area contributed by atoms with E-state index in [1.807, 2.05) is 12.1 Å². The molecule has 1 aliphatic carbocycles. The summed E-state index contributed by atoms with van der Waals surface area (Å²) in [5.74, 6) is -0.146. The lowest BCUT2D eigenvalue weighted by Crippen LogP contribution is -2.63. The van der Waals surface area contributed by atoms with Crippen LogP contribution in [0.4, 0.5) is 4.39 Å². The number of thiocarbonyl (C=S) groups is 1. The summed E-state index contributed by atoms with van der Waals surface area (Å²) >= 11 is 5.86. The molecule has 0 spiro atoms. The van der Waals surface area contributed by atoms with Gasteiger partial charge in [0.15, 0.2) is 5.11 Å². The van der Waals surface area contributed by atoms with Gasteiger partial charge in [-0.1, -0.05) is 31.0 Å². The Kier molecular flexibility index (Phi) is 6.11. The Morgan fingerprint density at radius 1 is 1.15 bits per heavy atom. The molecule has 1 saturated carbocycles. The first kappa shape index (κ1) is 20.5. The van der Waals surface area contributed by atoms with Crippen molar-refractivity contribution in [2.24, 2.45) is 0 Å². The van der Waals surface area contributed by atoms with Gasteiger partial charge in [-0.25, -0.2) is 4.39 Å². The lowest BCUT2D eigenvalue weighted by molar-refractivity contribution is 0.152. The maximum absolute atomic E-state index is 14.3. The van der Waals surface area contributed by atoms with Crippen molar-refractivity contribution in [2.75, 3.05) is 0 Å². The zero-order valence-electron chi connectivity index (χ0n) is 17.1. The molecule has 1 saturated heterocycles. The van der Waals surface area contributed by atoms with Gasteiger partial charge in [-0.05, 0) is 71.7 Å². The second kappa shape index (κ2) is 8.04. The molecule has 2 aliphatic rings. The van der Waals surface area contributed by atoms with Crippen molar-refractivity contribution in [3.05, 3.63) is 35.6 Å². The van der Waals surface area contributed by atoms with E-state index in [1.165, 1.54) is 18.9 Å². The summed E-state index contributed by atoms with van der Waals surface area (Å²) in [6, 6.07) is 7.79. The van der Waals surface area contributed by atoms with E-state index in [0.717, 1.165) is 36.4 Å². The number of piperidine rings is 1. The van der Waals surface area contributed by atoms with Crippen LogP contribution in [0.25, 0.3) is 0 Å². The van der Waals surface area contributed by atoms with Crippen LogP contribution in [0.15, 0.2) is 24.3 Å². The second-order valence-corrected chi connectivity index (χ2v) is 9.99. The van der Waals surface area contributed by atoms with Crippen LogP contribution >= 0.6 is 12.2 Å². The average Bonchev–Trinajstić information content (AvgIpc) is 3.04. The number of nitrogens with zero attached hydrogens (tertiary/aromatic N) is 1. The third-order valence-corrected chi connectivity index (χ3v) is 6.20. The third-order valence-electron chi connectivity index (χ3n) is 5.84. The minimum Gasteiger partial charge on any atom is -0.360 e. The van der Waals surface area contributed by atoms with Gasteiger partial charge in [-0.2, -0.15) is 0 Å². The molecule has 5 heteroatoms. The predicted molar refractivity (Wildman–Crippen MR) is 114 cm³/mol. The summed E-state index contributed by atoms with van der Waals surface area (Å²) in [7, 11) is 0. The van der Waals surface area contributed by atoms with Crippen molar-refractivity contribution in [2.45, 2.75) is 95.9 Å². The molecule has 3 rings (SSSR count). The van der Waals surface area contributed by atoms with Crippen molar-refractivity contribution in [3.63, 3.8) is 0 Å². The van der Waals surface area contributed by atoms with E-state index in [0.29, 0.717) is 18.6 Å². The van der Waals surface area contributed by atoms with Gasteiger partial charge in [0.2, 0.25) is 0 Å². The number of rotatable bonds is 4. The molecule has 0 radical (unpaired) electrons. The molecule has 2 fully saturated rings. The molecule has 3 nitrogen and oxygen atoms in total. The fourth-order valence-electron chi connectivity index (χ4n) is 5.07. The highest BCUT2D eigenvalue weighted by molar-refractivity contribution is 7.80. The quantitative estimate of drug-likeness (QED) is 0.724. The van der Waals surface area contributed by atoms with Crippen LogP contribution in [0.1, 0.15) is 71.8 Å². The largest absolute Gasteiger partial charge is 0.360 e. The second-order valence-electron chi connectivity index (χ2n) is 9.61. The smallest absolute Gasteiger partial charge is 0.169 e. The van der Waals surface area contributed by atoms with E-state index >= 15 is 0 Å². The van der Waals surface area contributed by atoms with Gasteiger partial charge in [0, 0.05) is 35.3 Å². The molecule has 1 heterocycles. The highest BCUT2D eigenvalue weighted by Crippen LogP contribution is 2.30. The Labute approximate surface area is 169 Å². The molecular weight excluding hydrogens is 357 g/mol. The number of hydrogen-bond donors (Lipinski definition) is 2. The first-order valence-electron chi connectivity index (χ1n) is 10.3. The number of benzene rings is 1. The molecule has 0 aromatic heterocycles. The van der Waals surface area contributed by atoms with Crippen LogP contribution in [-0.4, -0.2) is 33.2 Å². The zero-order valence-corrected chi connectivity index (χ0v) is 18.0. The molecule has 1 aromatic carbocycles. The standard InChI is InChI=1S/C22H34FN3S/c1-21(2)13-17(14-22(3,4)25-21)24-20(27)26(18-10-6-7-11-18)15-16-9-5-8-12-19(16)23/h5,8-9,12,17-18,25H,6-7,10-11,13-15H2,1-4H3,(H,24,27). The number of hydrogen-bond acceptors (Lipinski definition) is 2. The molecule has 150 valence electrons. The Balaban J connectivity index is 1.74. The van der Waals surface area contributed by atoms with Gasteiger partial charge < -0.3 is 15.5 Å². The molecule has 1 aliphatic heterocycles. The van der Waals surface area contributed by atoms with Crippen molar-refractivity contribution in [1.29, 1.82) is 0 Å².